The lowest BCUT2D eigenvalue weighted by atomic mass is 10.4. The van der Waals surface area contributed by atoms with Crippen molar-refractivity contribution >= 4 is 21.2 Å². The average molecular weight is 246 g/mol. The molecule has 0 atom stereocenters. The van der Waals surface area contributed by atoms with Crippen LogP contribution in [0.4, 0.5) is 0 Å². The van der Waals surface area contributed by atoms with E-state index in [-0.39, 0.29) is 5.75 Å². The Morgan fingerprint density at radius 1 is 1.60 bits per heavy atom. The van der Waals surface area contributed by atoms with Gasteiger partial charge in [0.15, 0.2) is 9.84 Å². The Labute approximate surface area is 93.4 Å². The van der Waals surface area contributed by atoms with E-state index < -0.39 is 14.6 Å². The Bertz CT molecular complexity index is 460. The molecule has 1 aliphatic rings. The van der Waals surface area contributed by atoms with Crippen LogP contribution in [-0.2, 0) is 21.1 Å². The van der Waals surface area contributed by atoms with Crippen molar-refractivity contribution in [3.05, 3.63) is 16.1 Å². The van der Waals surface area contributed by atoms with Crippen molar-refractivity contribution in [2.45, 2.75) is 31.1 Å². The molecule has 2 N–H and O–H groups in total. The van der Waals surface area contributed by atoms with Gasteiger partial charge in [-0.1, -0.05) is 6.92 Å². The minimum atomic E-state index is -3.03. The molecule has 0 amide bonds. The molecule has 0 aromatic carbocycles. The fraction of sp³-hybridized carbons (Fsp3) is 0.667. The highest BCUT2D eigenvalue weighted by Crippen LogP contribution is 2.53. The first-order valence-corrected chi connectivity index (χ1v) is 7.46. The van der Waals surface area contributed by atoms with Crippen LogP contribution in [0.1, 0.15) is 30.5 Å². The molecule has 0 saturated heterocycles. The monoisotopic (exact) mass is 246 g/mol. The number of sulfone groups is 1. The van der Waals surface area contributed by atoms with Crippen LogP contribution in [-0.4, -0.2) is 19.2 Å². The Kier molecular flexibility index (Phi) is 2.60. The minimum absolute atomic E-state index is 0.185. The average Bonchev–Trinajstić information content (AvgIpc) is 2.92. The first-order chi connectivity index (χ1) is 7.05. The summed E-state index contributed by atoms with van der Waals surface area (Å²) in [5, 5.41) is 2.57. The number of nitrogens with two attached hydrogens (primary N) is 1. The molecule has 0 radical (unpaired) electrons. The van der Waals surface area contributed by atoms with Crippen LogP contribution in [0.3, 0.4) is 0 Å². The maximum Gasteiger partial charge on any atom is 0.162 e. The van der Waals surface area contributed by atoms with E-state index in [1.807, 2.05) is 5.38 Å². The van der Waals surface area contributed by atoms with E-state index in [0.29, 0.717) is 19.4 Å². The molecule has 0 spiro atoms. The molecule has 15 heavy (non-hydrogen) atoms. The van der Waals surface area contributed by atoms with Crippen molar-refractivity contribution < 1.29 is 8.42 Å². The lowest BCUT2D eigenvalue weighted by Gasteiger charge is -2.11. The van der Waals surface area contributed by atoms with E-state index in [1.165, 1.54) is 11.3 Å². The number of rotatable bonds is 4. The maximum atomic E-state index is 11.9. The van der Waals surface area contributed by atoms with Gasteiger partial charge in [0.2, 0.25) is 0 Å². The van der Waals surface area contributed by atoms with Crippen LogP contribution >= 0.6 is 11.3 Å². The molecule has 4 nitrogen and oxygen atoms in total. The SMILES string of the molecule is CCS(=O)(=O)C1(c2nc(CN)cs2)CC1. The number of nitrogens with zero attached hydrogens (tertiary/aromatic N) is 1. The second-order valence-electron chi connectivity index (χ2n) is 3.75. The highest BCUT2D eigenvalue weighted by molar-refractivity contribution is 7.92. The summed E-state index contributed by atoms with van der Waals surface area (Å²) in [6.07, 6.45) is 1.42. The van der Waals surface area contributed by atoms with Crippen LogP contribution in [0.25, 0.3) is 0 Å². The molecule has 0 bridgehead atoms. The van der Waals surface area contributed by atoms with Crippen molar-refractivity contribution in [2.75, 3.05) is 5.75 Å². The van der Waals surface area contributed by atoms with E-state index >= 15 is 0 Å². The third kappa shape index (κ3) is 1.60. The third-order valence-corrected chi connectivity index (χ3v) is 6.61. The topological polar surface area (TPSA) is 73.0 Å². The van der Waals surface area contributed by atoms with E-state index in [4.69, 9.17) is 5.73 Å². The number of thiazole rings is 1. The molecule has 1 aromatic rings. The largest absolute Gasteiger partial charge is 0.325 e. The summed E-state index contributed by atoms with van der Waals surface area (Å²) in [5.74, 6) is 0.185. The zero-order valence-corrected chi connectivity index (χ0v) is 10.2. The van der Waals surface area contributed by atoms with E-state index in [0.717, 1.165) is 10.7 Å². The lowest BCUT2D eigenvalue weighted by molar-refractivity contribution is 0.580. The summed E-state index contributed by atoms with van der Waals surface area (Å²) in [5.41, 5.74) is 6.25. The van der Waals surface area contributed by atoms with Crippen molar-refractivity contribution in [1.82, 2.24) is 4.98 Å². The van der Waals surface area contributed by atoms with Gasteiger partial charge in [0.25, 0.3) is 0 Å². The predicted molar refractivity (Wildman–Crippen MR) is 60.4 cm³/mol. The Balaban J connectivity index is 2.39. The van der Waals surface area contributed by atoms with Crippen molar-refractivity contribution in [2.24, 2.45) is 5.73 Å². The smallest absolute Gasteiger partial charge is 0.162 e. The number of hydrogen-bond acceptors (Lipinski definition) is 5. The van der Waals surface area contributed by atoms with Gasteiger partial charge >= 0.3 is 0 Å². The molecular formula is C9H14N2O2S2. The zero-order chi connectivity index (χ0) is 11.1. The second-order valence-corrected chi connectivity index (χ2v) is 7.19. The summed E-state index contributed by atoms with van der Waals surface area (Å²) in [7, 11) is -3.03. The Hall–Kier alpha value is -0.460. The molecular weight excluding hydrogens is 232 g/mol. The van der Waals surface area contributed by atoms with Gasteiger partial charge in [0.05, 0.1) is 5.69 Å². The van der Waals surface area contributed by atoms with Gasteiger partial charge in [-0.25, -0.2) is 13.4 Å². The molecule has 6 heteroatoms. The Morgan fingerprint density at radius 3 is 2.67 bits per heavy atom. The minimum Gasteiger partial charge on any atom is -0.325 e. The fourth-order valence-corrected chi connectivity index (χ4v) is 4.76. The van der Waals surface area contributed by atoms with Crippen LogP contribution in [0, 0.1) is 0 Å². The molecule has 1 aliphatic carbocycles. The fourth-order valence-electron chi connectivity index (χ4n) is 1.66. The van der Waals surface area contributed by atoms with Crippen molar-refractivity contribution in [3.63, 3.8) is 0 Å². The number of hydrogen-bond donors (Lipinski definition) is 1. The molecule has 0 aliphatic heterocycles. The van der Waals surface area contributed by atoms with Gasteiger partial charge < -0.3 is 5.73 Å². The van der Waals surface area contributed by atoms with E-state index in [9.17, 15) is 8.42 Å². The predicted octanol–water partition coefficient (Wildman–Crippen LogP) is 1.03. The quantitative estimate of drug-likeness (QED) is 0.861. The lowest BCUT2D eigenvalue weighted by Crippen LogP contribution is -2.22. The van der Waals surface area contributed by atoms with Gasteiger partial charge in [0, 0.05) is 17.7 Å². The molecule has 1 saturated carbocycles. The highest BCUT2D eigenvalue weighted by atomic mass is 32.2. The maximum absolute atomic E-state index is 11.9. The van der Waals surface area contributed by atoms with Crippen molar-refractivity contribution in [3.8, 4) is 0 Å². The van der Waals surface area contributed by atoms with Gasteiger partial charge in [-0.3, -0.25) is 0 Å². The highest BCUT2D eigenvalue weighted by Gasteiger charge is 2.56. The van der Waals surface area contributed by atoms with Gasteiger partial charge in [0.1, 0.15) is 9.75 Å². The Morgan fingerprint density at radius 2 is 2.27 bits per heavy atom. The third-order valence-electron chi connectivity index (χ3n) is 2.83. The van der Waals surface area contributed by atoms with Crippen LogP contribution < -0.4 is 5.73 Å². The molecule has 2 rings (SSSR count). The van der Waals surface area contributed by atoms with Crippen LogP contribution in [0.15, 0.2) is 5.38 Å². The summed E-state index contributed by atoms with van der Waals surface area (Å²) < 4.78 is 23.2. The molecule has 84 valence electrons. The van der Waals surface area contributed by atoms with Crippen LogP contribution in [0.2, 0.25) is 0 Å². The van der Waals surface area contributed by atoms with E-state index in [2.05, 4.69) is 4.98 Å². The first-order valence-electron chi connectivity index (χ1n) is 4.93. The molecule has 0 unspecified atom stereocenters. The van der Waals surface area contributed by atoms with Gasteiger partial charge in [-0.05, 0) is 12.8 Å². The molecule has 1 heterocycles. The first kappa shape index (κ1) is 11.0. The zero-order valence-electron chi connectivity index (χ0n) is 8.56. The molecule has 1 aromatic heterocycles. The summed E-state index contributed by atoms with van der Waals surface area (Å²) >= 11 is 1.42. The second kappa shape index (κ2) is 3.54. The standard InChI is InChI=1S/C9H14N2O2S2/c1-2-15(12,13)9(3-4-9)8-11-7(5-10)6-14-8/h6H,2-5,10H2,1H3. The summed E-state index contributed by atoms with van der Waals surface area (Å²) in [6, 6.07) is 0. The van der Waals surface area contributed by atoms with E-state index in [1.54, 1.807) is 6.92 Å². The van der Waals surface area contributed by atoms with Gasteiger partial charge in [-0.2, -0.15) is 0 Å². The van der Waals surface area contributed by atoms with Crippen molar-refractivity contribution in [1.29, 1.82) is 0 Å². The summed E-state index contributed by atoms with van der Waals surface area (Å²) in [4.78, 5) is 4.29. The normalized spacial score (nSPS) is 19.1. The molecule has 1 fully saturated rings. The number of aromatic nitrogens is 1. The van der Waals surface area contributed by atoms with Crippen LogP contribution in [0.5, 0.6) is 0 Å². The van der Waals surface area contributed by atoms with Gasteiger partial charge in [-0.15, -0.1) is 11.3 Å². The summed E-state index contributed by atoms with van der Waals surface area (Å²) in [6.45, 7) is 2.06.